The summed E-state index contributed by atoms with van der Waals surface area (Å²) in [6, 6.07) is 10.9. The summed E-state index contributed by atoms with van der Waals surface area (Å²) in [7, 11) is 0. The van der Waals surface area contributed by atoms with E-state index in [9.17, 15) is 9.18 Å². The molecule has 3 nitrogen and oxygen atoms in total. The quantitative estimate of drug-likeness (QED) is 0.677. The van der Waals surface area contributed by atoms with Crippen molar-refractivity contribution in [3.05, 3.63) is 69.5 Å². The highest BCUT2D eigenvalue weighted by Crippen LogP contribution is 2.29. The second-order valence-corrected chi connectivity index (χ2v) is 5.83. The fourth-order valence-electron chi connectivity index (χ4n) is 2.11. The minimum absolute atomic E-state index is 0.215. The van der Waals surface area contributed by atoms with Crippen LogP contribution in [-0.4, -0.2) is 10.9 Å². The number of nitrogens with zero attached hydrogens (tertiary/aromatic N) is 1. The molecular weight excluding hydrogens is 371 g/mol. The first-order valence-electron chi connectivity index (χ1n) is 6.36. The number of aromatic nitrogens is 1. The second-order valence-electron chi connectivity index (χ2n) is 4.57. The van der Waals surface area contributed by atoms with Crippen LogP contribution in [0.3, 0.4) is 0 Å². The maximum Gasteiger partial charge on any atom is 0.256 e. The van der Waals surface area contributed by atoms with Crippen molar-refractivity contribution >= 4 is 50.0 Å². The molecule has 0 bridgehead atoms. The third-order valence-corrected chi connectivity index (χ3v) is 4.14. The molecule has 0 saturated carbocycles. The van der Waals surface area contributed by atoms with Crippen molar-refractivity contribution in [1.29, 1.82) is 0 Å². The molecule has 110 valence electrons. The first-order valence-corrected chi connectivity index (χ1v) is 7.53. The van der Waals surface area contributed by atoms with Crippen molar-refractivity contribution in [2.75, 3.05) is 5.32 Å². The highest BCUT2D eigenvalue weighted by Gasteiger charge is 2.13. The molecule has 2 aromatic carbocycles. The zero-order valence-electron chi connectivity index (χ0n) is 11.1. The van der Waals surface area contributed by atoms with E-state index in [0.717, 1.165) is 5.39 Å². The van der Waals surface area contributed by atoms with Gasteiger partial charge < -0.3 is 5.32 Å². The summed E-state index contributed by atoms with van der Waals surface area (Å²) in [5.74, 6) is -0.894. The molecule has 3 aromatic rings. The molecule has 0 unspecified atom stereocenters. The van der Waals surface area contributed by atoms with Gasteiger partial charge in [-0.15, -0.1) is 0 Å². The van der Waals surface area contributed by atoms with Crippen LogP contribution in [0.1, 0.15) is 10.4 Å². The smallest absolute Gasteiger partial charge is 0.256 e. The Kier molecular flexibility index (Phi) is 4.09. The van der Waals surface area contributed by atoms with Crippen LogP contribution in [0, 0.1) is 5.82 Å². The zero-order valence-corrected chi connectivity index (χ0v) is 13.5. The average Bonchev–Trinajstić information content (AvgIpc) is 2.52. The van der Waals surface area contributed by atoms with E-state index in [2.05, 4.69) is 26.2 Å². The fraction of sp³-hybridized carbons (Fsp3) is 0. The predicted octanol–water partition coefficient (Wildman–Crippen LogP) is 5.04. The molecule has 3 rings (SSSR count). The van der Waals surface area contributed by atoms with Gasteiger partial charge in [0.15, 0.2) is 0 Å². The number of carbonyl (C=O) groups is 1. The number of halogens is 3. The first-order chi connectivity index (χ1) is 10.6. The Hall–Kier alpha value is -1.98. The van der Waals surface area contributed by atoms with Crippen molar-refractivity contribution in [3.63, 3.8) is 0 Å². The van der Waals surface area contributed by atoms with Crippen LogP contribution in [0.15, 0.2) is 53.1 Å². The number of amides is 1. The number of pyridine rings is 1. The lowest BCUT2D eigenvalue weighted by atomic mass is 10.1. The van der Waals surface area contributed by atoms with Crippen LogP contribution in [0.2, 0.25) is 5.02 Å². The lowest BCUT2D eigenvalue weighted by molar-refractivity contribution is 0.102. The lowest BCUT2D eigenvalue weighted by Crippen LogP contribution is -2.13. The van der Waals surface area contributed by atoms with Gasteiger partial charge in [-0.1, -0.05) is 11.6 Å². The molecule has 6 heteroatoms. The topological polar surface area (TPSA) is 42.0 Å². The van der Waals surface area contributed by atoms with Crippen molar-refractivity contribution in [2.45, 2.75) is 0 Å². The highest BCUT2D eigenvalue weighted by atomic mass is 79.9. The average molecular weight is 380 g/mol. The van der Waals surface area contributed by atoms with Crippen LogP contribution >= 0.6 is 27.5 Å². The van der Waals surface area contributed by atoms with Gasteiger partial charge in [0.1, 0.15) is 5.82 Å². The number of benzene rings is 2. The number of anilines is 1. The molecule has 0 radical (unpaired) electrons. The Bertz CT molecular complexity index is 885. The van der Waals surface area contributed by atoms with E-state index in [1.54, 1.807) is 24.4 Å². The number of nitrogens with one attached hydrogen (secondary N) is 1. The minimum atomic E-state index is -0.476. The summed E-state index contributed by atoms with van der Waals surface area (Å²) in [4.78, 5) is 16.6. The standard InChI is InChI=1S/C16H9BrClFN2O/c17-12-4-3-9(19)8-11(12)16(22)21-14-6-5-13(18)15-10(14)2-1-7-20-15/h1-8H,(H,21,22). The predicted molar refractivity (Wildman–Crippen MR) is 88.8 cm³/mol. The van der Waals surface area contributed by atoms with Crippen molar-refractivity contribution in [3.8, 4) is 0 Å². The van der Waals surface area contributed by atoms with Crippen molar-refractivity contribution in [2.24, 2.45) is 0 Å². The summed E-state index contributed by atoms with van der Waals surface area (Å²) in [5, 5.41) is 3.98. The first kappa shape index (κ1) is 14.9. The summed E-state index contributed by atoms with van der Waals surface area (Å²) >= 11 is 9.34. The normalized spacial score (nSPS) is 10.7. The molecule has 0 spiro atoms. The Labute approximate surface area is 139 Å². The summed E-state index contributed by atoms with van der Waals surface area (Å²) in [5.41, 5.74) is 1.38. The van der Waals surface area contributed by atoms with Crippen molar-refractivity contribution < 1.29 is 9.18 Å². The van der Waals surface area contributed by atoms with Gasteiger partial charge >= 0.3 is 0 Å². The van der Waals surface area contributed by atoms with E-state index < -0.39 is 11.7 Å². The van der Waals surface area contributed by atoms with E-state index in [1.807, 2.05) is 6.07 Å². The lowest BCUT2D eigenvalue weighted by Gasteiger charge is -2.10. The van der Waals surface area contributed by atoms with Crippen LogP contribution in [-0.2, 0) is 0 Å². The molecule has 1 amide bonds. The number of hydrogen-bond donors (Lipinski definition) is 1. The maximum absolute atomic E-state index is 13.3. The van der Waals surface area contributed by atoms with Gasteiger partial charge in [-0.2, -0.15) is 0 Å². The maximum atomic E-state index is 13.3. The fourth-order valence-corrected chi connectivity index (χ4v) is 2.75. The highest BCUT2D eigenvalue weighted by molar-refractivity contribution is 9.10. The van der Waals surface area contributed by atoms with Crippen molar-refractivity contribution in [1.82, 2.24) is 4.98 Å². The molecule has 1 N–H and O–H groups in total. The summed E-state index contributed by atoms with van der Waals surface area (Å²) in [6.07, 6.45) is 1.63. The molecule has 0 fully saturated rings. The minimum Gasteiger partial charge on any atom is -0.321 e. The Balaban J connectivity index is 2.02. The van der Waals surface area contributed by atoms with Gasteiger partial charge in [0, 0.05) is 16.1 Å². The Morgan fingerprint density at radius 2 is 2.05 bits per heavy atom. The molecule has 1 aromatic heterocycles. The largest absolute Gasteiger partial charge is 0.321 e. The van der Waals surface area contributed by atoms with Crippen LogP contribution in [0.5, 0.6) is 0 Å². The van der Waals surface area contributed by atoms with Crippen LogP contribution in [0.25, 0.3) is 10.9 Å². The van der Waals surface area contributed by atoms with E-state index in [-0.39, 0.29) is 5.56 Å². The van der Waals surface area contributed by atoms with Gasteiger partial charge in [0.05, 0.1) is 21.8 Å². The molecular formula is C16H9BrClFN2O. The second kappa shape index (κ2) is 6.02. The molecule has 0 aliphatic heterocycles. The number of fused-ring (bicyclic) bond motifs is 1. The van der Waals surface area contributed by atoms with E-state index >= 15 is 0 Å². The molecule has 0 aliphatic rings. The van der Waals surface area contributed by atoms with Gasteiger partial charge in [0.2, 0.25) is 0 Å². The molecule has 0 aliphatic carbocycles. The molecule has 1 heterocycles. The molecule has 0 atom stereocenters. The van der Waals surface area contributed by atoms with Gasteiger partial charge in [-0.3, -0.25) is 9.78 Å². The Morgan fingerprint density at radius 1 is 1.23 bits per heavy atom. The number of rotatable bonds is 2. The third-order valence-electron chi connectivity index (χ3n) is 3.14. The number of carbonyl (C=O) groups excluding carboxylic acids is 1. The number of hydrogen-bond acceptors (Lipinski definition) is 2. The Morgan fingerprint density at radius 3 is 2.86 bits per heavy atom. The zero-order chi connectivity index (χ0) is 15.7. The summed E-state index contributed by atoms with van der Waals surface area (Å²) in [6.45, 7) is 0. The van der Waals surface area contributed by atoms with Gasteiger partial charge in [0.25, 0.3) is 5.91 Å². The monoisotopic (exact) mass is 378 g/mol. The SMILES string of the molecule is O=C(Nc1ccc(Cl)c2ncccc12)c1cc(F)ccc1Br. The van der Waals surface area contributed by atoms with E-state index in [1.165, 1.54) is 18.2 Å². The van der Waals surface area contributed by atoms with Crippen LogP contribution in [0.4, 0.5) is 10.1 Å². The van der Waals surface area contributed by atoms with Gasteiger partial charge in [-0.25, -0.2) is 4.39 Å². The summed E-state index contributed by atoms with van der Waals surface area (Å²) < 4.78 is 13.8. The third kappa shape index (κ3) is 2.82. The van der Waals surface area contributed by atoms with E-state index in [0.29, 0.717) is 20.7 Å². The molecule has 0 saturated heterocycles. The van der Waals surface area contributed by atoms with Gasteiger partial charge in [-0.05, 0) is 58.4 Å². The molecule has 22 heavy (non-hydrogen) atoms. The van der Waals surface area contributed by atoms with Crippen LogP contribution < -0.4 is 5.32 Å². The van der Waals surface area contributed by atoms with E-state index in [4.69, 9.17) is 11.6 Å².